The lowest BCUT2D eigenvalue weighted by molar-refractivity contribution is -0.358. The molecule has 0 radical (unpaired) electrons. The van der Waals surface area contributed by atoms with Gasteiger partial charge in [0.1, 0.15) is 48.8 Å². The third-order valence-electron chi connectivity index (χ3n) is 6.83. The van der Waals surface area contributed by atoms with E-state index in [1.165, 1.54) is 39.8 Å². The summed E-state index contributed by atoms with van der Waals surface area (Å²) < 4.78 is 16.5. The number of rotatable bonds is 9. The maximum atomic E-state index is 13.6. The molecule has 2 saturated heterocycles. The molecule has 0 saturated carbocycles. The van der Waals surface area contributed by atoms with E-state index in [2.05, 4.69) is 5.32 Å². The van der Waals surface area contributed by atoms with Gasteiger partial charge in [0.05, 0.1) is 6.61 Å². The van der Waals surface area contributed by atoms with Gasteiger partial charge in [-0.2, -0.15) is 0 Å². The molecule has 2 aliphatic heterocycles. The number of amides is 1. The number of carbonyl (C=O) groups excluding carboxylic acids is 3. The first-order valence-corrected chi connectivity index (χ1v) is 12.0. The van der Waals surface area contributed by atoms with Crippen molar-refractivity contribution in [3.8, 4) is 0 Å². The van der Waals surface area contributed by atoms with E-state index in [0.29, 0.717) is 0 Å². The van der Waals surface area contributed by atoms with E-state index in [-0.39, 0.29) is 11.1 Å². The largest absolute Gasteiger partial charge is 0.394 e. The van der Waals surface area contributed by atoms with Crippen molar-refractivity contribution >= 4 is 17.5 Å². The SMILES string of the molecule is C/C=C(\C)C(=O)C(O)[C@H]1OC(O)[C@H](NC(C)=O)[C@](O)(C(=O)/C(C)=C/C)[C@@H]1O[C@@H]1O[C@H](CO)[C@H](O)[C@H](O)[C@H]1O. The molecule has 14 nitrogen and oxygen atoms in total. The van der Waals surface area contributed by atoms with E-state index in [1.54, 1.807) is 0 Å². The first-order chi connectivity index (χ1) is 17.7. The van der Waals surface area contributed by atoms with Crippen molar-refractivity contribution in [2.24, 2.45) is 0 Å². The van der Waals surface area contributed by atoms with Crippen LogP contribution in [-0.4, -0.2) is 127 Å². The van der Waals surface area contributed by atoms with E-state index in [9.17, 15) is 50.1 Å². The van der Waals surface area contributed by atoms with Crippen molar-refractivity contribution in [1.82, 2.24) is 5.32 Å². The number of Topliss-reactive ketones (excluding diaryl/α,β-unsaturated/α-hetero) is 2. The molecular formula is C24H37NO13. The van der Waals surface area contributed by atoms with Crippen LogP contribution in [0.25, 0.3) is 0 Å². The molecule has 0 aromatic rings. The molecule has 216 valence electrons. The Labute approximate surface area is 219 Å². The lowest BCUT2D eigenvalue weighted by Crippen LogP contribution is -2.77. The zero-order valence-corrected chi connectivity index (χ0v) is 21.7. The van der Waals surface area contributed by atoms with Gasteiger partial charge >= 0.3 is 0 Å². The fraction of sp³-hybridized carbons (Fsp3) is 0.708. The van der Waals surface area contributed by atoms with Gasteiger partial charge in [-0.05, 0) is 38.8 Å². The van der Waals surface area contributed by atoms with E-state index in [1.807, 2.05) is 0 Å². The monoisotopic (exact) mass is 547 g/mol. The highest BCUT2D eigenvalue weighted by molar-refractivity contribution is 6.03. The predicted molar refractivity (Wildman–Crippen MR) is 127 cm³/mol. The zero-order valence-electron chi connectivity index (χ0n) is 21.7. The van der Waals surface area contributed by atoms with Crippen LogP contribution in [0.2, 0.25) is 0 Å². The fourth-order valence-electron chi connectivity index (χ4n) is 4.34. The summed E-state index contributed by atoms with van der Waals surface area (Å²) in [5, 5.41) is 76.2. The molecule has 8 N–H and O–H groups in total. The van der Waals surface area contributed by atoms with Crippen molar-refractivity contribution in [3.05, 3.63) is 23.3 Å². The molecule has 0 bridgehead atoms. The number of hydrogen-bond acceptors (Lipinski definition) is 13. The van der Waals surface area contributed by atoms with Crippen molar-refractivity contribution in [2.45, 2.75) is 102 Å². The minimum atomic E-state index is -2.94. The summed E-state index contributed by atoms with van der Waals surface area (Å²) in [6.07, 6.45) is -14.8. The molecule has 2 fully saturated rings. The highest BCUT2D eigenvalue weighted by Gasteiger charge is 2.64. The molecule has 0 aliphatic carbocycles. The Morgan fingerprint density at radius 1 is 0.974 bits per heavy atom. The lowest BCUT2D eigenvalue weighted by atomic mass is 9.74. The third kappa shape index (κ3) is 6.04. The summed E-state index contributed by atoms with van der Waals surface area (Å²) in [6, 6.07) is -1.90. The van der Waals surface area contributed by atoms with Crippen LogP contribution in [0.3, 0.4) is 0 Å². The quantitative estimate of drug-likeness (QED) is 0.131. The van der Waals surface area contributed by atoms with Crippen LogP contribution in [0.15, 0.2) is 23.3 Å². The van der Waals surface area contributed by atoms with Gasteiger partial charge in [0.25, 0.3) is 0 Å². The van der Waals surface area contributed by atoms with Gasteiger partial charge in [-0.3, -0.25) is 14.4 Å². The molecule has 2 heterocycles. The van der Waals surface area contributed by atoms with Crippen LogP contribution in [0.5, 0.6) is 0 Å². The standard InChI is InChI=1S/C24H37NO13/c1-6-9(3)13(28)16(31)18-21(38-23-17(32)15(30)14(29)12(8-26)36-23)24(35,20(33)10(4)7-2)19(22(34)37-18)25-11(5)27/h6-7,12,14-19,21-23,26,29-32,34-35H,8H2,1-5H3,(H,25,27)/b9-6+,10-7+/t12-,14+,15+,16?,17-,18-,19+,21-,22?,23+,24+/m1/s1. The maximum Gasteiger partial charge on any atom is 0.217 e. The van der Waals surface area contributed by atoms with Crippen LogP contribution >= 0.6 is 0 Å². The number of nitrogens with one attached hydrogen (secondary N) is 1. The van der Waals surface area contributed by atoms with Crippen LogP contribution < -0.4 is 5.32 Å². The van der Waals surface area contributed by atoms with Crippen molar-refractivity contribution in [2.75, 3.05) is 6.61 Å². The normalized spacial score (nSPS) is 39.4. The number of carbonyl (C=O) groups is 3. The Morgan fingerprint density at radius 3 is 2.05 bits per heavy atom. The van der Waals surface area contributed by atoms with Crippen LogP contribution in [0.4, 0.5) is 0 Å². The van der Waals surface area contributed by atoms with E-state index in [0.717, 1.165) is 6.92 Å². The fourth-order valence-corrected chi connectivity index (χ4v) is 4.34. The second-order valence-electron chi connectivity index (χ2n) is 9.33. The third-order valence-corrected chi connectivity index (χ3v) is 6.83. The topological polar surface area (TPSA) is 233 Å². The van der Waals surface area contributed by atoms with E-state index in [4.69, 9.17) is 14.2 Å². The second-order valence-corrected chi connectivity index (χ2v) is 9.33. The average molecular weight is 548 g/mol. The van der Waals surface area contributed by atoms with Crippen molar-refractivity contribution in [3.63, 3.8) is 0 Å². The number of allylic oxidation sites excluding steroid dienone is 2. The highest BCUT2D eigenvalue weighted by Crippen LogP contribution is 2.38. The summed E-state index contributed by atoms with van der Waals surface area (Å²) in [5.74, 6) is -2.81. The van der Waals surface area contributed by atoms with Crippen LogP contribution in [0.1, 0.15) is 34.6 Å². The summed E-state index contributed by atoms with van der Waals surface area (Å²) in [6.45, 7) is 5.88. The van der Waals surface area contributed by atoms with Gasteiger partial charge in [0.15, 0.2) is 29.7 Å². The molecule has 1 amide bonds. The van der Waals surface area contributed by atoms with Gasteiger partial charge in [-0.15, -0.1) is 0 Å². The molecule has 2 rings (SSSR count). The Morgan fingerprint density at radius 2 is 1.55 bits per heavy atom. The smallest absolute Gasteiger partial charge is 0.217 e. The van der Waals surface area contributed by atoms with E-state index >= 15 is 0 Å². The van der Waals surface area contributed by atoms with Crippen molar-refractivity contribution in [1.29, 1.82) is 0 Å². The Hall–Kier alpha value is -2.11. The Balaban J connectivity index is 2.72. The average Bonchev–Trinajstić information content (AvgIpc) is 2.89. The first kappa shape index (κ1) is 32.1. The van der Waals surface area contributed by atoms with Gasteiger partial charge in [0, 0.05) is 6.92 Å². The molecule has 2 unspecified atom stereocenters. The summed E-state index contributed by atoms with van der Waals surface area (Å²) >= 11 is 0. The molecular weight excluding hydrogens is 510 g/mol. The minimum Gasteiger partial charge on any atom is -0.394 e. The maximum absolute atomic E-state index is 13.6. The molecule has 38 heavy (non-hydrogen) atoms. The summed E-state index contributed by atoms with van der Waals surface area (Å²) in [5.41, 5.74) is -2.94. The number of aliphatic hydroxyl groups is 7. The number of hydrogen-bond donors (Lipinski definition) is 8. The molecule has 11 atom stereocenters. The summed E-state index contributed by atoms with van der Waals surface area (Å²) in [7, 11) is 0. The number of ether oxygens (including phenoxy) is 3. The van der Waals surface area contributed by atoms with Gasteiger partial charge in [-0.1, -0.05) is 12.2 Å². The summed E-state index contributed by atoms with van der Waals surface area (Å²) in [4.78, 5) is 38.3. The lowest BCUT2D eigenvalue weighted by Gasteiger charge is -2.52. The zero-order chi connectivity index (χ0) is 29.1. The predicted octanol–water partition coefficient (Wildman–Crippen LogP) is -3.44. The van der Waals surface area contributed by atoms with E-state index < -0.39 is 91.0 Å². The minimum absolute atomic E-state index is 0.0608. The van der Waals surface area contributed by atoms with Crippen LogP contribution in [-0.2, 0) is 28.6 Å². The molecule has 0 aromatic carbocycles. The number of aliphatic hydroxyl groups excluding tert-OH is 6. The van der Waals surface area contributed by atoms with Crippen molar-refractivity contribution < 1.29 is 64.3 Å². The van der Waals surface area contributed by atoms with Gasteiger partial charge in [-0.25, -0.2) is 0 Å². The van der Waals surface area contributed by atoms with Gasteiger partial charge < -0.3 is 55.3 Å². The Kier molecular flexibility index (Phi) is 10.8. The second kappa shape index (κ2) is 12.8. The molecule has 2 aliphatic rings. The molecule has 14 heteroatoms. The number of ketones is 2. The highest BCUT2D eigenvalue weighted by atomic mass is 16.7. The molecule has 0 aromatic heterocycles. The van der Waals surface area contributed by atoms with Crippen LogP contribution in [0, 0.1) is 0 Å². The van der Waals surface area contributed by atoms with Gasteiger partial charge in [0.2, 0.25) is 5.91 Å². The Bertz CT molecular complexity index is 950. The molecule has 0 spiro atoms. The first-order valence-electron chi connectivity index (χ1n) is 12.0.